The highest BCUT2D eigenvalue weighted by Crippen LogP contribution is 2.29. The van der Waals surface area contributed by atoms with Crippen molar-refractivity contribution in [3.8, 4) is 0 Å². The topological polar surface area (TPSA) is 85.2 Å². The minimum atomic E-state index is -1.13. The summed E-state index contributed by atoms with van der Waals surface area (Å²) in [6, 6.07) is 0. The minimum absolute atomic E-state index is 0.213. The van der Waals surface area contributed by atoms with Crippen LogP contribution in [0, 0.1) is 0 Å². The first-order valence-corrected chi connectivity index (χ1v) is 5.46. The molecular weight excluding hydrogens is 216 g/mol. The maximum absolute atomic E-state index is 11.3. The molecule has 2 fully saturated rings. The molecule has 2 rings (SSSR count). The van der Waals surface area contributed by atoms with E-state index in [0.29, 0.717) is 6.42 Å². The number of aliphatic hydroxyl groups excluding tert-OH is 2. The molecule has 2 bridgehead atoms. The normalized spacial score (nSPS) is 42.1. The first-order valence-electron chi connectivity index (χ1n) is 5.46. The van der Waals surface area contributed by atoms with Crippen molar-refractivity contribution in [2.75, 3.05) is 6.61 Å². The summed E-state index contributed by atoms with van der Waals surface area (Å²) in [7, 11) is 0. The second-order valence-corrected chi connectivity index (χ2v) is 4.06. The van der Waals surface area contributed by atoms with E-state index in [1.165, 1.54) is 0 Å². The lowest BCUT2D eigenvalue weighted by molar-refractivity contribution is -0.238. The van der Waals surface area contributed by atoms with Gasteiger partial charge in [0.1, 0.15) is 18.3 Å². The van der Waals surface area contributed by atoms with Crippen LogP contribution in [0.15, 0.2) is 0 Å². The van der Waals surface area contributed by atoms with Crippen LogP contribution in [0.2, 0.25) is 0 Å². The number of ether oxygens (including phenoxy) is 3. The van der Waals surface area contributed by atoms with Crippen molar-refractivity contribution in [2.24, 2.45) is 0 Å². The van der Waals surface area contributed by atoms with Crippen LogP contribution in [0.5, 0.6) is 0 Å². The molecule has 2 saturated heterocycles. The van der Waals surface area contributed by atoms with Gasteiger partial charge in [-0.25, -0.2) is 0 Å². The standard InChI is InChI=1S/C10H16O6/c1-2-3-6(11)16-9-7(12)5-4-14-10(15-5)8(9)13/h5,7-10,12-13H,2-4H2,1H3/t5-,7+,8-,9+,10-/m1/s1. The summed E-state index contributed by atoms with van der Waals surface area (Å²) in [5.41, 5.74) is 0. The van der Waals surface area contributed by atoms with Gasteiger partial charge in [0, 0.05) is 6.42 Å². The third-order valence-corrected chi connectivity index (χ3v) is 2.79. The highest BCUT2D eigenvalue weighted by Gasteiger charge is 2.51. The zero-order chi connectivity index (χ0) is 11.7. The maximum atomic E-state index is 11.3. The van der Waals surface area contributed by atoms with E-state index in [4.69, 9.17) is 14.2 Å². The fraction of sp³-hybridized carbons (Fsp3) is 0.900. The molecule has 2 aliphatic heterocycles. The smallest absolute Gasteiger partial charge is 0.306 e. The highest BCUT2D eigenvalue weighted by atomic mass is 16.7. The third-order valence-electron chi connectivity index (χ3n) is 2.79. The molecule has 0 aromatic rings. The van der Waals surface area contributed by atoms with E-state index in [1.54, 1.807) is 0 Å². The SMILES string of the molecule is CCCC(=O)O[C@H]1[C@@H](O)[C@H]2CO[C@H](O2)[C@@H]1O. The summed E-state index contributed by atoms with van der Waals surface area (Å²) >= 11 is 0. The Morgan fingerprint density at radius 3 is 2.88 bits per heavy atom. The molecule has 6 heteroatoms. The van der Waals surface area contributed by atoms with Gasteiger partial charge in [0.15, 0.2) is 12.4 Å². The molecule has 0 unspecified atom stereocenters. The minimum Gasteiger partial charge on any atom is -0.456 e. The zero-order valence-electron chi connectivity index (χ0n) is 9.04. The molecule has 0 aromatic heterocycles. The van der Waals surface area contributed by atoms with Gasteiger partial charge in [-0.2, -0.15) is 0 Å². The van der Waals surface area contributed by atoms with E-state index in [1.807, 2.05) is 6.92 Å². The molecular formula is C10H16O6. The molecule has 6 nitrogen and oxygen atoms in total. The predicted molar refractivity (Wildman–Crippen MR) is 51.4 cm³/mol. The molecule has 0 amide bonds. The van der Waals surface area contributed by atoms with Gasteiger partial charge in [-0.3, -0.25) is 4.79 Å². The largest absolute Gasteiger partial charge is 0.456 e. The maximum Gasteiger partial charge on any atom is 0.306 e. The van der Waals surface area contributed by atoms with Crippen LogP contribution in [-0.4, -0.2) is 53.5 Å². The number of fused-ring (bicyclic) bond motifs is 2. The van der Waals surface area contributed by atoms with Gasteiger partial charge >= 0.3 is 5.97 Å². The molecule has 2 heterocycles. The van der Waals surface area contributed by atoms with Crippen LogP contribution >= 0.6 is 0 Å². The highest BCUT2D eigenvalue weighted by molar-refractivity contribution is 5.69. The van der Waals surface area contributed by atoms with Crippen molar-refractivity contribution < 1.29 is 29.2 Å². The van der Waals surface area contributed by atoms with E-state index >= 15 is 0 Å². The molecule has 0 spiro atoms. The van der Waals surface area contributed by atoms with Gasteiger partial charge < -0.3 is 24.4 Å². The Bertz CT molecular complexity index is 252. The van der Waals surface area contributed by atoms with E-state index in [0.717, 1.165) is 0 Å². The summed E-state index contributed by atoms with van der Waals surface area (Å²) in [6.45, 7) is 2.07. The molecule has 0 aliphatic carbocycles. The Kier molecular flexibility index (Phi) is 3.44. The Morgan fingerprint density at radius 2 is 2.19 bits per heavy atom. The van der Waals surface area contributed by atoms with Gasteiger partial charge in [-0.15, -0.1) is 0 Å². The van der Waals surface area contributed by atoms with Crippen molar-refractivity contribution in [3.05, 3.63) is 0 Å². The number of carbonyl (C=O) groups is 1. The number of aliphatic hydroxyl groups is 2. The number of rotatable bonds is 3. The molecule has 16 heavy (non-hydrogen) atoms. The molecule has 0 radical (unpaired) electrons. The number of esters is 1. The van der Waals surface area contributed by atoms with E-state index in [-0.39, 0.29) is 13.0 Å². The molecule has 0 aromatic carbocycles. The Hall–Kier alpha value is -0.690. The van der Waals surface area contributed by atoms with Crippen molar-refractivity contribution >= 4 is 5.97 Å². The van der Waals surface area contributed by atoms with Gasteiger partial charge in [-0.05, 0) is 6.42 Å². The zero-order valence-corrected chi connectivity index (χ0v) is 9.04. The second-order valence-electron chi connectivity index (χ2n) is 4.06. The second kappa shape index (κ2) is 4.67. The van der Waals surface area contributed by atoms with Crippen molar-refractivity contribution in [3.63, 3.8) is 0 Å². The summed E-state index contributed by atoms with van der Waals surface area (Å²) in [5, 5.41) is 19.6. The molecule has 92 valence electrons. The summed E-state index contributed by atoms with van der Waals surface area (Å²) in [5.74, 6) is -0.424. The van der Waals surface area contributed by atoms with Crippen LogP contribution in [0.4, 0.5) is 0 Å². The first kappa shape index (κ1) is 11.8. The van der Waals surface area contributed by atoms with Crippen molar-refractivity contribution in [1.82, 2.24) is 0 Å². The lowest BCUT2D eigenvalue weighted by atomic mass is 10.0. The molecule has 5 atom stereocenters. The van der Waals surface area contributed by atoms with Crippen LogP contribution < -0.4 is 0 Å². The third kappa shape index (κ3) is 2.06. The Morgan fingerprint density at radius 1 is 1.44 bits per heavy atom. The summed E-state index contributed by atoms with van der Waals surface area (Å²) in [6.07, 6.45) is -3.50. The van der Waals surface area contributed by atoms with Crippen molar-refractivity contribution in [2.45, 2.75) is 50.5 Å². The van der Waals surface area contributed by atoms with E-state index < -0.39 is 36.7 Å². The molecule has 0 saturated carbocycles. The number of hydrogen-bond acceptors (Lipinski definition) is 6. The first-order chi connectivity index (χ1) is 7.63. The summed E-state index contributed by atoms with van der Waals surface area (Å²) < 4.78 is 15.3. The van der Waals surface area contributed by atoms with Gasteiger partial charge in [0.25, 0.3) is 0 Å². The average molecular weight is 232 g/mol. The number of carbonyl (C=O) groups excluding carboxylic acids is 1. The quantitative estimate of drug-likeness (QED) is 0.618. The van der Waals surface area contributed by atoms with Gasteiger partial charge in [0.2, 0.25) is 0 Å². The fourth-order valence-electron chi connectivity index (χ4n) is 1.92. The summed E-state index contributed by atoms with van der Waals surface area (Å²) in [4.78, 5) is 11.3. The van der Waals surface area contributed by atoms with Crippen LogP contribution in [-0.2, 0) is 19.0 Å². The monoisotopic (exact) mass is 232 g/mol. The number of hydrogen-bond donors (Lipinski definition) is 2. The van der Waals surface area contributed by atoms with Crippen LogP contribution in [0.25, 0.3) is 0 Å². The Balaban J connectivity index is 1.99. The molecule has 2 aliphatic rings. The lowest BCUT2D eigenvalue weighted by Gasteiger charge is -2.35. The van der Waals surface area contributed by atoms with Crippen LogP contribution in [0.3, 0.4) is 0 Å². The lowest BCUT2D eigenvalue weighted by Crippen LogP contribution is -2.55. The molecule has 2 N–H and O–H groups in total. The van der Waals surface area contributed by atoms with E-state index in [9.17, 15) is 15.0 Å². The van der Waals surface area contributed by atoms with Crippen LogP contribution in [0.1, 0.15) is 19.8 Å². The predicted octanol–water partition coefficient (Wildman–Crippen LogP) is -0.825. The van der Waals surface area contributed by atoms with Gasteiger partial charge in [-0.1, -0.05) is 6.92 Å². The fourth-order valence-corrected chi connectivity index (χ4v) is 1.92. The van der Waals surface area contributed by atoms with Gasteiger partial charge in [0.05, 0.1) is 6.61 Å². The average Bonchev–Trinajstić information content (AvgIpc) is 2.69. The van der Waals surface area contributed by atoms with Crippen molar-refractivity contribution in [1.29, 1.82) is 0 Å². The van der Waals surface area contributed by atoms with E-state index in [2.05, 4.69) is 0 Å². The Labute approximate surface area is 93.1 Å².